The zero-order valence-electron chi connectivity index (χ0n) is 12.1. The van der Waals surface area contributed by atoms with Crippen molar-refractivity contribution in [2.45, 2.75) is 31.6 Å². The van der Waals surface area contributed by atoms with Crippen molar-refractivity contribution in [3.05, 3.63) is 29.8 Å². The van der Waals surface area contributed by atoms with Crippen LogP contribution in [0.1, 0.15) is 23.7 Å². The molecule has 1 aliphatic carbocycles. The summed E-state index contributed by atoms with van der Waals surface area (Å²) in [6, 6.07) is 7.45. The summed E-state index contributed by atoms with van der Waals surface area (Å²) >= 11 is 0. The van der Waals surface area contributed by atoms with E-state index in [1.807, 2.05) is 25.1 Å². The molecule has 0 amide bonds. The van der Waals surface area contributed by atoms with E-state index in [4.69, 9.17) is 14.2 Å². The van der Waals surface area contributed by atoms with Crippen LogP contribution in [-0.4, -0.2) is 45.0 Å². The highest BCUT2D eigenvalue weighted by molar-refractivity contribution is 5.95. The molecule has 20 heavy (non-hydrogen) atoms. The molecule has 1 aromatic rings. The van der Waals surface area contributed by atoms with Gasteiger partial charge in [-0.25, -0.2) is 4.79 Å². The quantitative estimate of drug-likeness (QED) is 0.808. The minimum atomic E-state index is -0.345. The molecular weight excluding hydrogens is 258 g/mol. The Morgan fingerprint density at radius 3 is 2.75 bits per heavy atom. The molecule has 0 radical (unpaired) electrons. The van der Waals surface area contributed by atoms with Crippen molar-refractivity contribution in [2.75, 3.05) is 26.1 Å². The first-order valence-electron chi connectivity index (χ1n) is 6.79. The zero-order chi connectivity index (χ0) is 14.5. The van der Waals surface area contributed by atoms with E-state index in [1.165, 1.54) is 7.11 Å². The monoisotopic (exact) mass is 279 g/mol. The van der Waals surface area contributed by atoms with E-state index in [-0.39, 0.29) is 24.2 Å². The van der Waals surface area contributed by atoms with Crippen LogP contribution in [-0.2, 0) is 14.2 Å². The average Bonchev–Trinajstić information content (AvgIpc) is 2.46. The molecular formula is C15H21NO4. The second-order valence-electron chi connectivity index (χ2n) is 4.72. The molecule has 0 spiro atoms. The van der Waals surface area contributed by atoms with Crippen LogP contribution >= 0.6 is 0 Å². The van der Waals surface area contributed by atoms with Crippen LogP contribution in [0.2, 0.25) is 0 Å². The lowest BCUT2D eigenvalue weighted by atomic mass is 9.84. The van der Waals surface area contributed by atoms with E-state index >= 15 is 0 Å². The first kappa shape index (κ1) is 14.8. The van der Waals surface area contributed by atoms with Gasteiger partial charge in [-0.05, 0) is 25.5 Å². The summed E-state index contributed by atoms with van der Waals surface area (Å²) < 4.78 is 15.8. The third kappa shape index (κ3) is 2.94. The minimum absolute atomic E-state index is 0.000605. The summed E-state index contributed by atoms with van der Waals surface area (Å²) in [5.41, 5.74) is 1.30. The number of methoxy groups -OCH3 is 2. The first-order valence-corrected chi connectivity index (χ1v) is 6.79. The van der Waals surface area contributed by atoms with Gasteiger partial charge in [0, 0.05) is 19.4 Å². The molecule has 1 N–H and O–H groups in total. The van der Waals surface area contributed by atoms with Crippen LogP contribution in [0.4, 0.5) is 5.69 Å². The highest BCUT2D eigenvalue weighted by Gasteiger charge is 2.42. The molecule has 0 aromatic heterocycles. The van der Waals surface area contributed by atoms with Crippen LogP contribution in [0.3, 0.4) is 0 Å². The van der Waals surface area contributed by atoms with Crippen LogP contribution in [0.5, 0.6) is 0 Å². The molecule has 0 aliphatic heterocycles. The van der Waals surface area contributed by atoms with Crippen molar-refractivity contribution in [2.24, 2.45) is 0 Å². The van der Waals surface area contributed by atoms with Gasteiger partial charge >= 0.3 is 5.97 Å². The highest BCUT2D eigenvalue weighted by Crippen LogP contribution is 2.31. The predicted octanol–water partition coefficient (Wildman–Crippen LogP) is 2.08. The number of carbonyl (C=O) groups excluding carboxylic acids is 1. The van der Waals surface area contributed by atoms with E-state index < -0.39 is 0 Å². The van der Waals surface area contributed by atoms with Gasteiger partial charge in [-0.1, -0.05) is 12.1 Å². The number of hydrogen-bond donors (Lipinski definition) is 1. The third-order valence-corrected chi connectivity index (χ3v) is 3.58. The number of hydrogen-bond acceptors (Lipinski definition) is 5. The van der Waals surface area contributed by atoms with Crippen molar-refractivity contribution in [3.8, 4) is 0 Å². The number of rotatable bonds is 6. The fraction of sp³-hybridized carbons (Fsp3) is 0.533. The molecule has 0 saturated heterocycles. The Balaban J connectivity index is 2.06. The van der Waals surface area contributed by atoms with E-state index in [2.05, 4.69) is 5.32 Å². The summed E-state index contributed by atoms with van der Waals surface area (Å²) in [6.07, 6.45) is 0.982. The predicted molar refractivity (Wildman–Crippen MR) is 76.0 cm³/mol. The van der Waals surface area contributed by atoms with Crippen molar-refractivity contribution in [1.82, 2.24) is 0 Å². The minimum Gasteiger partial charge on any atom is -0.465 e. The molecule has 1 fully saturated rings. The van der Waals surface area contributed by atoms with Gasteiger partial charge in [0.15, 0.2) is 0 Å². The Hall–Kier alpha value is -1.59. The molecule has 1 aromatic carbocycles. The van der Waals surface area contributed by atoms with Gasteiger partial charge in [-0.3, -0.25) is 0 Å². The zero-order valence-corrected chi connectivity index (χ0v) is 12.1. The van der Waals surface area contributed by atoms with E-state index in [1.54, 1.807) is 13.2 Å². The number of nitrogens with one attached hydrogen (secondary N) is 1. The lowest BCUT2D eigenvalue weighted by molar-refractivity contribution is -0.118. The first-order chi connectivity index (χ1) is 9.71. The average molecular weight is 279 g/mol. The fourth-order valence-electron chi connectivity index (χ4n) is 2.51. The largest absolute Gasteiger partial charge is 0.465 e. The van der Waals surface area contributed by atoms with Gasteiger partial charge in [-0.2, -0.15) is 0 Å². The molecule has 3 atom stereocenters. The maximum absolute atomic E-state index is 11.7. The van der Waals surface area contributed by atoms with Gasteiger partial charge in [0.1, 0.15) is 6.10 Å². The lowest BCUT2D eigenvalue weighted by Crippen LogP contribution is -2.57. The molecule has 3 unspecified atom stereocenters. The van der Waals surface area contributed by atoms with Crippen LogP contribution in [0.15, 0.2) is 24.3 Å². The van der Waals surface area contributed by atoms with Crippen molar-refractivity contribution >= 4 is 11.7 Å². The molecule has 0 bridgehead atoms. The maximum atomic E-state index is 11.7. The van der Waals surface area contributed by atoms with Crippen molar-refractivity contribution in [1.29, 1.82) is 0 Å². The molecule has 1 aliphatic rings. The Morgan fingerprint density at radius 1 is 1.35 bits per heavy atom. The lowest BCUT2D eigenvalue weighted by Gasteiger charge is -2.43. The molecule has 1 saturated carbocycles. The van der Waals surface area contributed by atoms with Gasteiger partial charge in [-0.15, -0.1) is 0 Å². The number of ether oxygens (including phenoxy) is 3. The number of anilines is 1. The summed E-state index contributed by atoms with van der Waals surface area (Å²) in [5, 5.41) is 3.35. The molecule has 110 valence electrons. The molecule has 0 heterocycles. The van der Waals surface area contributed by atoms with Gasteiger partial charge < -0.3 is 19.5 Å². The number of esters is 1. The Labute approximate surface area is 119 Å². The summed E-state index contributed by atoms with van der Waals surface area (Å²) in [6.45, 7) is 2.65. The topological polar surface area (TPSA) is 56.8 Å². The van der Waals surface area contributed by atoms with Crippen LogP contribution < -0.4 is 5.32 Å². The third-order valence-electron chi connectivity index (χ3n) is 3.58. The van der Waals surface area contributed by atoms with Gasteiger partial charge in [0.05, 0.1) is 24.8 Å². The van der Waals surface area contributed by atoms with E-state index in [0.717, 1.165) is 12.1 Å². The summed E-state index contributed by atoms with van der Waals surface area (Å²) in [5.74, 6) is -0.345. The second kappa shape index (κ2) is 6.72. The highest BCUT2D eigenvalue weighted by atomic mass is 16.5. The Kier molecular flexibility index (Phi) is 4.98. The smallest absolute Gasteiger partial charge is 0.339 e. The van der Waals surface area contributed by atoms with Gasteiger partial charge in [0.25, 0.3) is 0 Å². The Bertz CT molecular complexity index is 463. The molecule has 5 heteroatoms. The van der Waals surface area contributed by atoms with Gasteiger partial charge in [0.2, 0.25) is 0 Å². The fourth-order valence-corrected chi connectivity index (χ4v) is 2.51. The second-order valence-corrected chi connectivity index (χ2v) is 4.72. The normalized spacial score (nSPS) is 24.9. The van der Waals surface area contributed by atoms with E-state index in [0.29, 0.717) is 12.2 Å². The van der Waals surface area contributed by atoms with Crippen molar-refractivity contribution in [3.63, 3.8) is 0 Å². The summed E-state index contributed by atoms with van der Waals surface area (Å²) in [7, 11) is 3.06. The standard InChI is InChI=1S/C15H21NO4/c1-4-20-13-9-12(14(13)18-2)16-11-8-6-5-7-10(11)15(17)19-3/h5-8,12-14,16H,4,9H2,1-3H3. The summed E-state index contributed by atoms with van der Waals surface area (Å²) in [4.78, 5) is 11.7. The molecule has 2 rings (SSSR count). The number of benzene rings is 1. The Morgan fingerprint density at radius 2 is 2.10 bits per heavy atom. The van der Waals surface area contributed by atoms with Crippen LogP contribution in [0.25, 0.3) is 0 Å². The van der Waals surface area contributed by atoms with Crippen molar-refractivity contribution < 1.29 is 19.0 Å². The SMILES string of the molecule is CCOC1CC(Nc2ccccc2C(=O)OC)C1OC. The van der Waals surface area contributed by atoms with Crippen LogP contribution in [0, 0.1) is 0 Å². The van der Waals surface area contributed by atoms with E-state index in [9.17, 15) is 4.79 Å². The maximum Gasteiger partial charge on any atom is 0.339 e. The number of para-hydroxylation sites is 1. The molecule has 5 nitrogen and oxygen atoms in total. The number of carbonyl (C=O) groups is 1.